The Morgan fingerprint density at radius 3 is 2.61 bits per heavy atom. The molecule has 0 fully saturated rings. The summed E-state index contributed by atoms with van der Waals surface area (Å²) in [5, 5.41) is 4.26. The summed E-state index contributed by atoms with van der Waals surface area (Å²) in [6, 6.07) is 7.39. The van der Waals surface area contributed by atoms with Crippen molar-refractivity contribution in [3.05, 3.63) is 50.2 Å². The maximum atomic E-state index is 12.5. The molecule has 0 spiro atoms. The first-order chi connectivity index (χ1) is 15.0. The maximum absolute atomic E-state index is 12.5. The molecule has 0 saturated carbocycles. The van der Waals surface area contributed by atoms with Gasteiger partial charge in [0.05, 0.1) is 17.7 Å². The quantitative estimate of drug-likeness (QED) is 0.389. The highest BCUT2D eigenvalue weighted by Gasteiger charge is 2.27. The lowest BCUT2D eigenvalue weighted by Gasteiger charge is -2.08. The smallest absolute Gasteiger partial charge is 0.350 e. The fourth-order valence-corrected chi connectivity index (χ4v) is 6.35. The van der Waals surface area contributed by atoms with Gasteiger partial charge in [-0.15, -0.1) is 22.7 Å². The number of nitrogens with one attached hydrogen (secondary N) is 1. The largest absolute Gasteiger partial charge is 0.465 e. The Kier molecular flexibility index (Phi) is 6.60. The van der Waals surface area contributed by atoms with Gasteiger partial charge in [0.1, 0.15) is 9.88 Å². The molecule has 2 aromatic heterocycles. The molecule has 162 valence electrons. The highest BCUT2D eigenvalue weighted by atomic mass is 35.5. The van der Waals surface area contributed by atoms with Gasteiger partial charge in [-0.2, -0.15) is 0 Å². The van der Waals surface area contributed by atoms with Crippen molar-refractivity contribution < 1.29 is 23.9 Å². The highest BCUT2D eigenvalue weighted by molar-refractivity contribution is 7.21. The van der Waals surface area contributed by atoms with E-state index < -0.39 is 24.5 Å². The zero-order chi connectivity index (χ0) is 22.0. The van der Waals surface area contributed by atoms with Crippen LogP contribution in [-0.4, -0.2) is 31.6 Å². The van der Waals surface area contributed by atoms with Gasteiger partial charge in [-0.05, 0) is 37.3 Å². The van der Waals surface area contributed by atoms with Gasteiger partial charge in [0.2, 0.25) is 0 Å². The lowest BCUT2D eigenvalue weighted by molar-refractivity contribution is -0.119. The third-order valence-corrected chi connectivity index (χ3v) is 7.98. The SMILES string of the molecule is COC(=O)c1c(NC(=O)COC(=O)c2sc3ccccc3c2Cl)sc2c1CCCCC2. The molecule has 1 N–H and O–H groups in total. The second-order valence-electron chi connectivity index (χ2n) is 7.13. The summed E-state index contributed by atoms with van der Waals surface area (Å²) >= 11 is 8.91. The summed E-state index contributed by atoms with van der Waals surface area (Å²) < 4.78 is 11.0. The van der Waals surface area contributed by atoms with Crippen LogP contribution in [0.5, 0.6) is 0 Å². The zero-order valence-electron chi connectivity index (χ0n) is 16.8. The lowest BCUT2D eigenvalue weighted by Crippen LogP contribution is -2.21. The summed E-state index contributed by atoms with van der Waals surface area (Å²) in [7, 11) is 1.32. The van der Waals surface area contributed by atoms with Crippen molar-refractivity contribution in [2.45, 2.75) is 32.1 Å². The van der Waals surface area contributed by atoms with Gasteiger partial charge >= 0.3 is 11.9 Å². The molecular weight excluding hydrogens is 458 g/mol. The summed E-state index contributed by atoms with van der Waals surface area (Å²) in [5.74, 6) is -1.65. The van der Waals surface area contributed by atoms with Gasteiger partial charge in [0.15, 0.2) is 6.61 Å². The van der Waals surface area contributed by atoms with Crippen molar-refractivity contribution in [3.8, 4) is 0 Å². The Morgan fingerprint density at radius 1 is 1.06 bits per heavy atom. The summed E-state index contributed by atoms with van der Waals surface area (Å²) in [6.45, 7) is -0.480. The molecule has 0 aliphatic heterocycles. The van der Waals surface area contributed by atoms with E-state index in [-0.39, 0.29) is 4.88 Å². The molecular formula is C22H20ClNO5S2. The first-order valence-corrected chi connectivity index (χ1v) is 11.9. The molecule has 0 bridgehead atoms. The Balaban J connectivity index is 1.47. The van der Waals surface area contributed by atoms with Crippen LogP contribution in [0, 0.1) is 0 Å². The minimum Gasteiger partial charge on any atom is -0.465 e. The number of rotatable bonds is 5. The molecule has 0 atom stereocenters. The number of methoxy groups -OCH3 is 1. The number of benzene rings is 1. The first kappa shape index (κ1) is 21.8. The second-order valence-corrected chi connectivity index (χ2v) is 9.66. The second kappa shape index (κ2) is 9.38. The minimum atomic E-state index is -0.656. The number of aryl methyl sites for hydroxylation is 1. The Morgan fingerprint density at radius 2 is 1.84 bits per heavy atom. The molecule has 6 nitrogen and oxygen atoms in total. The number of fused-ring (bicyclic) bond motifs is 2. The highest BCUT2D eigenvalue weighted by Crippen LogP contribution is 2.38. The molecule has 1 aromatic carbocycles. The van der Waals surface area contributed by atoms with Crippen LogP contribution < -0.4 is 5.32 Å². The maximum Gasteiger partial charge on any atom is 0.350 e. The predicted molar refractivity (Wildman–Crippen MR) is 123 cm³/mol. The van der Waals surface area contributed by atoms with E-state index in [1.54, 1.807) is 0 Å². The van der Waals surface area contributed by atoms with Crippen LogP contribution >= 0.6 is 34.3 Å². The fraction of sp³-hybridized carbons (Fsp3) is 0.318. The van der Waals surface area contributed by atoms with Crippen molar-refractivity contribution in [2.75, 3.05) is 19.0 Å². The molecule has 3 aromatic rings. The van der Waals surface area contributed by atoms with Gasteiger partial charge in [0, 0.05) is 15.0 Å². The van der Waals surface area contributed by atoms with Crippen LogP contribution in [0.15, 0.2) is 24.3 Å². The normalized spacial score (nSPS) is 13.4. The Bertz CT molecular complexity index is 1170. The Labute approximate surface area is 192 Å². The van der Waals surface area contributed by atoms with E-state index in [2.05, 4.69) is 5.32 Å². The third kappa shape index (κ3) is 4.46. The van der Waals surface area contributed by atoms with Crippen LogP contribution in [0.25, 0.3) is 10.1 Å². The van der Waals surface area contributed by atoms with Gasteiger partial charge in [-0.3, -0.25) is 4.79 Å². The van der Waals surface area contributed by atoms with Crippen LogP contribution in [0.4, 0.5) is 5.00 Å². The van der Waals surface area contributed by atoms with Crippen LogP contribution in [0.1, 0.15) is 49.7 Å². The van der Waals surface area contributed by atoms with Crippen LogP contribution in [0.2, 0.25) is 5.02 Å². The number of thiophene rings is 2. The minimum absolute atomic E-state index is 0.258. The standard InChI is InChI=1S/C22H20ClNO5S2/c1-28-21(26)17-12-7-3-2-4-9-14(12)31-20(17)24-16(25)11-29-22(27)19-18(23)13-8-5-6-10-15(13)30-19/h5-6,8,10H,2-4,7,9,11H2,1H3,(H,24,25). The number of carbonyl (C=O) groups excluding carboxylic acids is 3. The average molecular weight is 478 g/mol. The molecule has 0 saturated heterocycles. The average Bonchev–Trinajstić information content (AvgIpc) is 3.19. The number of hydrogen-bond acceptors (Lipinski definition) is 7. The van der Waals surface area contributed by atoms with Crippen molar-refractivity contribution in [2.24, 2.45) is 0 Å². The molecule has 2 heterocycles. The third-order valence-electron chi connectivity index (χ3n) is 5.12. The summed E-state index contributed by atoms with van der Waals surface area (Å²) in [5.41, 5.74) is 1.37. The summed E-state index contributed by atoms with van der Waals surface area (Å²) in [4.78, 5) is 38.7. The van der Waals surface area contributed by atoms with E-state index in [4.69, 9.17) is 21.1 Å². The van der Waals surface area contributed by atoms with E-state index in [1.165, 1.54) is 29.8 Å². The number of amides is 1. The first-order valence-electron chi connectivity index (χ1n) is 9.86. The summed E-state index contributed by atoms with van der Waals surface area (Å²) in [6.07, 6.45) is 4.81. The predicted octanol–water partition coefficient (Wildman–Crippen LogP) is 5.47. The molecule has 1 amide bonds. The molecule has 1 aliphatic carbocycles. The number of esters is 2. The lowest BCUT2D eigenvalue weighted by atomic mass is 10.1. The molecule has 9 heteroatoms. The number of halogens is 1. The van der Waals surface area contributed by atoms with Crippen LogP contribution in [0.3, 0.4) is 0 Å². The molecule has 31 heavy (non-hydrogen) atoms. The molecule has 0 radical (unpaired) electrons. The number of hydrogen-bond donors (Lipinski definition) is 1. The van der Waals surface area contributed by atoms with Gasteiger partial charge in [0.25, 0.3) is 5.91 Å². The number of ether oxygens (including phenoxy) is 2. The fourth-order valence-electron chi connectivity index (χ4n) is 3.65. The topological polar surface area (TPSA) is 81.7 Å². The van der Waals surface area contributed by atoms with E-state index in [1.807, 2.05) is 24.3 Å². The zero-order valence-corrected chi connectivity index (χ0v) is 19.2. The van der Waals surface area contributed by atoms with E-state index in [0.717, 1.165) is 52.6 Å². The van der Waals surface area contributed by atoms with Gasteiger partial charge in [-0.1, -0.05) is 36.2 Å². The van der Waals surface area contributed by atoms with Gasteiger partial charge < -0.3 is 14.8 Å². The number of carbonyl (C=O) groups is 3. The van der Waals surface area contributed by atoms with Crippen LogP contribution in [-0.2, 0) is 27.1 Å². The van der Waals surface area contributed by atoms with E-state index in [9.17, 15) is 14.4 Å². The molecule has 1 aliphatic rings. The molecule has 4 rings (SSSR count). The number of anilines is 1. The van der Waals surface area contributed by atoms with Crippen molar-refractivity contribution in [3.63, 3.8) is 0 Å². The van der Waals surface area contributed by atoms with Crippen molar-refractivity contribution in [1.29, 1.82) is 0 Å². The van der Waals surface area contributed by atoms with Crippen molar-refractivity contribution in [1.82, 2.24) is 0 Å². The van der Waals surface area contributed by atoms with E-state index in [0.29, 0.717) is 15.6 Å². The van der Waals surface area contributed by atoms with Gasteiger partial charge in [-0.25, -0.2) is 9.59 Å². The molecule has 0 unspecified atom stereocenters. The van der Waals surface area contributed by atoms with E-state index >= 15 is 0 Å². The Hall–Kier alpha value is -2.42. The van der Waals surface area contributed by atoms with Crippen molar-refractivity contribution >= 4 is 67.2 Å². The monoisotopic (exact) mass is 477 g/mol.